The monoisotopic (exact) mass is 367 g/mol. The first-order valence-electron chi connectivity index (χ1n) is 9.54. The highest BCUT2D eigenvalue weighted by molar-refractivity contribution is 5.97. The van der Waals surface area contributed by atoms with Crippen molar-refractivity contribution in [2.45, 2.75) is 59.0 Å². The van der Waals surface area contributed by atoms with Crippen LogP contribution < -0.4 is 5.32 Å². The number of hydrogen-bond donors (Lipinski definition) is 1. The number of rotatable bonds is 7. The van der Waals surface area contributed by atoms with Crippen LogP contribution in [0.3, 0.4) is 0 Å². The Morgan fingerprint density at radius 2 is 1.59 bits per heavy atom. The number of anilines is 1. The molecule has 0 bridgehead atoms. The summed E-state index contributed by atoms with van der Waals surface area (Å²) in [6.45, 7) is 10.0. The van der Waals surface area contributed by atoms with Gasteiger partial charge < -0.3 is 10.1 Å². The third kappa shape index (κ3) is 5.43. The van der Waals surface area contributed by atoms with Crippen LogP contribution in [0.25, 0.3) is 0 Å². The Morgan fingerprint density at radius 3 is 2.19 bits per heavy atom. The normalized spacial score (nSPS) is 13.1. The maximum atomic E-state index is 12.5. The molecule has 4 nitrogen and oxygen atoms in total. The number of ether oxygens (including phenoxy) is 1. The highest BCUT2D eigenvalue weighted by Gasteiger charge is 2.20. The fourth-order valence-corrected chi connectivity index (χ4v) is 2.78. The second kappa shape index (κ2) is 9.36. The third-order valence-electron chi connectivity index (χ3n) is 4.83. The van der Waals surface area contributed by atoms with Gasteiger partial charge in [-0.15, -0.1) is 0 Å². The summed E-state index contributed by atoms with van der Waals surface area (Å²) in [6, 6.07) is 15.0. The quantitative estimate of drug-likeness (QED) is 0.657. The Morgan fingerprint density at radius 1 is 0.963 bits per heavy atom. The number of amides is 1. The Bertz CT molecular complexity index is 780. The topological polar surface area (TPSA) is 55.4 Å². The van der Waals surface area contributed by atoms with Gasteiger partial charge in [0.05, 0.1) is 5.56 Å². The van der Waals surface area contributed by atoms with E-state index in [4.69, 9.17) is 4.74 Å². The van der Waals surface area contributed by atoms with Crippen LogP contribution in [-0.2, 0) is 9.53 Å². The molecule has 0 fully saturated rings. The molecule has 0 heterocycles. The van der Waals surface area contributed by atoms with Crippen LogP contribution in [0, 0.1) is 0 Å². The zero-order chi connectivity index (χ0) is 20.0. The van der Waals surface area contributed by atoms with Crippen molar-refractivity contribution in [3.8, 4) is 0 Å². The van der Waals surface area contributed by atoms with Gasteiger partial charge in [-0.05, 0) is 54.5 Å². The van der Waals surface area contributed by atoms with Gasteiger partial charge in [-0.25, -0.2) is 4.79 Å². The van der Waals surface area contributed by atoms with E-state index in [1.807, 2.05) is 36.4 Å². The molecule has 0 unspecified atom stereocenters. The fourth-order valence-electron chi connectivity index (χ4n) is 2.78. The van der Waals surface area contributed by atoms with Gasteiger partial charge in [0.15, 0.2) is 6.10 Å². The lowest BCUT2D eigenvalue weighted by Crippen LogP contribution is -2.30. The van der Waals surface area contributed by atoms with E-state index < -0.39 is 12.1 Å². The van der Waals surface area contributed by atoms with Gasteiger partial charge in [-0.3, -0.25) is 4.79 Å². The van der Waals surface area contributed by atoms with Gasteiger partial charge in [-0.2, -0.15) is 0 Å². The summed E-state index contributed by atoms with van der Waals surface area (Å²) in [5.74, 6) is -0.106. The molecule has 1 N–H and O–H groups in total. The number of benzene rings is 2. The average Bonchev–Trinajstić information content (AvgIpc) is 2.67. The van der Waals surface area contributed by atoms with Crippen molar-refractivity contribution in [1.29, 1.82) is 0 Å². The Labute approximate surface area is 161 Å². The molecule has 144 valence electrons. The molecule has 0 saturated heterocycles. The van der Waals surface area contributed by atoms with E-state index in [0.29, 0.717) is 17.4 Å². The molecule has 0 aliphatic rings. The van der Waals surface area contributed by atoms with E-state index in [9.17, 15) is 9.59 Å². The van der Waals surface area contributed by atoms with Crippen molar-refractivity contribution in [3.63, 3.8) is 0 Å². The predicted molar refractivity (Wildman–Crippen MR) is 109 cm³/mol. The molecule has 0 aromatic heterocycles. The maximum Gasteiger partial charge on any atom is 0.338 e. The Kier molecular flexibility index (Phi) is 7.17. The van der Waals surface area contributed by atoms with Crippen molar-refractivity contribution < 1.29 is 14.3 Å². The summed E-state index contributed by atoms with van der Waals surface area (Å²) in [5.41, 5.74) is 3.44. The molecular formula is C23H29NO3. The van der Waals surface area contributed by atoms with Gasteiger partial charge in [0.2, 0.25) is 0 Å². The highest BCUT2D eigenvalue weighted by atomic mass is 16.5. The molecule has 2 aromatic rings. The van der Waals surface area contributed by atoms with E-state index in [2.05, 4.69) is 33.0 Å². The van der Waals surface area contributed by atoms with Crippen molar-refractivity contribution in [1.82, 2.24) is 0 Å². The summed E-state index contributed by atoms with van der Waals surface area (Å²) in [7, 11) is 0. The Hall–Kier alpha value is -2.62. The van der Waals surface area contributed by atoms with Crippen LogP contribution in [0.2, 0.25) is 0 Å². The molecule has 27 heavy (non-hydrogen) atoms. The summed E-state index contributed by atoms with van der Waals surface area (Å²) in [5, 5.41) is 2.89. The van der Waals surface area contributed by atoms with E-state index >= 15 is 0 Å². The maximum absolute atomic E-state index is 12.5. The lowest BCUT2D eigenvalue weighted by atomic mass is 9.97. The molecule has 2 rings (SSSR count). The fraction of sp³-hybridized carbons (Fsp3) is 0.391. The van der Waals surface area contributed by atoms with Crippen LogP contribution in [0.4, 0.5) is 5.69 Å². The first-order chi connectivity index (χ1) is 12.8. The SMILES string of the molecule is CC[C@H](C)c1ccccc1NC(=O)[C@@H](C)OC(=O)c1ccc(C(C)C)cc1. The number of carbonyl (C=O) groups is 2. The van der Waals surface area contributed by atoms with Gasteiger partial charge in [-0.1, -0.05) is 58.0 Å². The minimum atomic E-state index is -0.882. The molecule has 1 amide bonds. The predicted octanol–water partition coefficient (Wildman–Crippen LogP) is 5.51. The van der Waals surface area contributed by atoms with Crippen LogP contribution in [0.5, 0.6) is 0 Å². The van der Waals surface area contributed by atoms with E-state index in [1.54, 1.807) is 19.1 Å². The molecule has 0 aliphatic carbocycles. The van der Waals surface area contributed by atoms with Gasteiger partial charge in [0.1, 0.15) is 0 Å². The second-order valence-electron chi connectivity index (χ2n) is 7.21. The van der Waals surface area contributed by atoms with Crippen LogP contribution in [-0.4, -0.2) is 18.0 Å². The standard InChI is InChI=1S/C23H29NO3/c1-6-16(4)20-9-7-8-10-21(20)24-22(25)17(5)27-23(26)19-13-11-18(12-14-19)15(2)3/h7-17H,6H2,1-5H3,(H,24,25)/t16-,17+/m0/s1. The average molecular weight is 367 g/mol. The molecule has 0 aliphatic heterocycles. The van der Waals surface area contributed by atoms with Gasteiger partial charge in [0.25, 0.3) is 5.91 Å². The van der Waals surface area contributed by atoms with Gasteiger partial charge >= 0.3 is 5.97 Å². The number of carbonyl (C=O) groups excluding carboxylic acids is 2. The van der Waals surface area contributed by atoms with Gasteiger partial charge in [0, 0.05) is 5.69 Å². The first-order valence-corrected chi connectivity index (χ1v) is 9.54. The molecule has 0 saturated carbocycles. The third-order valence-corrected chi connectivity index (χ3v) is 4.83. The highest BCUT2D eigenvalue weighted by Crippen LogP contribution is 2.26. The first kappa shape index (κ1) is 20.7. The zero-order valence-electron chi connectivity index (χ0n) is 16.8. The molecule has 0 spiro atoms. The largest absolute Gasteiger partial charge is 0.449 e. The van der Waals surface area contributed by atoms with Crippen molar-refractivity contribution >= 4 is 17.6 Å². The summed E-state index contributed by atoms with van der Waals surface area (Å²) >= 11 is 0. The van der Waals surface area contributed by atoms with Crippen LogP contribution >= 0.6 is 0 Å². The zero-order valence-corrected chi connectivity index (χ0v) is 16.8. The summed E-state index contributed by atoms with van der Waals surface area (Å²) in [4.78, 5) is 24.8. The summed E-state index contributed by atoms with van der Waals surface area (Å²) < 4.78 is 5.35. The lowest BCUT2D eigenvalue weighted by molar-refractivity contribution is -0.123. The van der Waals surface area contributed by atoms with Crippen molar-refractivity contribution in [2.75, 3.05) is 5.32 Å². The number of esters is 1. The smallest absolute Gasteiger partial charge is 0.338 e. The second-order valence-corrected chi connectivity index (χ2v) is 7.21. The number of hydrogen-bond acceptors (Lipinski definition) is 3. The summed E-state index contributed by atoms with van der Waals surface area (Å²) in [6.07, 6.45) is 0.0938. The minimum Gasteiger partial charge on any atom is -0.449 e. The molecule has 4 heteroatoms. The minimum absolute atomic E-state index is 0.332. The van der Waals surface area contributed by atoms with Crippen molar-refractivity contribution in [3.05, 3.63) is 65.2 Å². The number of nitrogens with one attached hydrogen (secondary N) is 1. The number of para-hydroxylation sites is 1. The molecule has 2 aromatic carbocycles. The van der Waals surface area contributed by atoms with E-state index in [-0.39, 0.29) is 5.91 Å². The van der Waals surface area contributed by atoms with E-state index in [0.717, 1.165) is 23.2 Å². The van der Waals surface area contributed by atoms with Crippen LogP contribution in [0.15, 0.2) is 48.5 Å². The molecular weight excluding hydrogens is 338 g/mol. The lowest BCUT2D eigenvalue weighted by Gasteiger charge is -2.18. The molecule has 0 radical (unpaired) electrons. The van der Waals surface area contributed by atoms with E-state index in [1.165, 1.54) is 0 Å². The van der Waals surface area contributed by atoms with Crippen LogP contribution in [0.1, 0.15) is 74.4 Å². The Balaban J connectivity index is 2.02. The molecule has 2 atom stereocenters. The van der Waals surface area contributed by atoms with Crippen molar-refractivity contribution in [2.24, 2.45) is 0 Å².